The lowest BCUT2D eigenvalue weighted by Crippen LogP contribution is -2.36. The molecule has 3 rings (SSSR count). The van der Waals surface area contributed by atoms with Crippen LogP contribution in [-0.4, -0.2) is 53.0 Å². The van der Waals surface area contributed by atoms with E-state index in [1.807, 2.05) is 6.07 Å². The van der Waals surface area contributed by atoms with Crippen LogP contribution in [-0.2, 0) is 16.6 Å². The Labute approximate surface area is 179 Å². The fraction of sp³-hybridized carbons (Fsp3) is 0.500. The number of carbonyl (C=O) groups excluding carboxylic acids is 1. The number of hydrogen-bond acceptors (Lipinski definition) is 7. The smallest absolute Gasteiger partial charge is 0.270 e. The summed E-state index contributed by atoms with van der Waals surface area (Å²) in [4.78, 5) is 29.8. The van der Waals surface area contributed by atoms with Crippen molar-refractivity contribution in [3.05, 3.63) is 31.9 Å². The van der Waals surface area contributed by atoms with E-state index in [0.29, 0.717) is 27.9 Å². The molecular formula is C20H24N4O3S2. The molecule has 0 saturated carbocycles. The number of amides is 1. The standard InChI is InChI=1S/C20H24N4O3S2/c1-13-14(11-16-19(26)24(9-10-27-3)20(28)29-16)17(23-7-5-4-6-8-23)22(2)18(25)15(13)12-21/h11H,4-10H2,1-3H3. The minimum Gasteiger partial charge on any atom is -0.383 e. The van der Waals surface area contributed by atoms with E-state index in [1.54, 1.807) is 27.2 Å². The highest BCUT2D eigenvalue weighted by Gasteiger charge is 2.33. The van der Waals surface area contributed by atoms with E-state index in [2.05, 4.69) is 4.90 Å². The first-order valence-electron chi connectivity index (χ1n) is 9.53. The van der Waals surface area contributed by atoms with Gasteiger partial charge in [-0.1, -0.05) is 24.0 Å². The summed E-state index contributed by atoms with van der Waals surface area (Å²) < 4.78 is 7.09. The number of nitrogens with zero attached hydrogens (tertiary/aromatic N) is 4. The third kappa shape index (κ3) is 4.10. The van der Waals surface area contributed by atoms with Crippen molar-refractivity contribution < 1.29 is 9.53 Å². The number of anilines is 1. The number of piperidine rings is 1. The minimum atomic E-state index is -0.310. The molecule has 2 aliphatic rings. The van der Waals surface area contributed by atoms with E-state index >= 15 is 0 Å². The zero-order valence-corrected chi connectivity index (χ0v) is 18.5. The first kappa shape index (κ1) is 21.6. The zero-order valence-electron chi connectivity index (χ0n) is 16.9. The van der Waals surface area contributed by atoms with Crippen molar-refractivity contribution in [1.29, 1.82) is 5.26 Å². The number of rotatable bonds is 5. The summed E-state index contributed by atoms with van der Waals surface area (Å²) in [5, 5.41) is 9.53. The summed E-state index contributed by atoms with van der Waals surface area (Å²) in [6, 6.07) is 2.03. The van der Waals surface area contributed by atoms with Crippen LogP contribution in [0.5, 0.6) is 0 Å². The Morgan fingerprint density at radius 1 is 1.28 bits per heavy atom. The lowest BCUT2D eigenvalue weighted by molar-refractivity contribution is -0.122. The van der Waals surface area contributed by atoms with Gasteiger partial charge in [0.1, 0.15) is 21.8 Å². The third-order valence-electron chi connectivity index (χ3n) is 5.29. The molecule has 154 valence electrons. The number of nitriles is 1. The van der Waals surface area contributed by atoms with E-state index in [4.69, 9.17) is 17.0 Å². The molecule has 2 saturated heterocycles. The van der Waals surface area contributed by atoms with Crippen molar-refractivity contribution in [2.45, 2.75) is 26.2 Å². The number of thiocarbonyl (C=S) groups is 1. The van der Waals surface area contributed by atoms with Crippen molar-refractivity contribution in [2.24, 2.45) is 7.05 Å². The van der Waals surface area contributed by atoms with Crippen LogP contribution in [0.3, 0.4) is 0 Å². The minimum absolute atomic E-state index is 0.106. The molecule has 0 spiro atoms. The quantitative estimate of drug-likeness (QED) is 0.522. The lowest BCUT2D eigenvalue weighted by Gasteiger charge is -2.32. The molecule has 2 fully saturated rings. The van der Waals surface area contributed by atoms with Crippen LogP contribution in [0.15, 0.2) is 9.70 Å². The van der Waals surface area contributed by atoms with E-state index in [9.17, 15) is 14.9 Å². The average molecular weight is 433 g/mol. The lowest BCUT2D eigenvalue weighted by atomic mass is 10.0. The Hall–Kier alpha value is -2.15. The molecule has 1 aromatic rings. The Bertz CT molecular complexity index is 971. The number of aromatic nitrogens is 1. The molecule has 7 nitrogen and oxygen atoms in total. The molecule has 0 radical (unpaired) electrons. The van der Waals surface area contributed by atoms with Gasteiger partial charge in [0.05, 0.1) is 18.1 Å². The normalized spacial score (nSPS) is 18.6. The van der Waals surface area contributed by atoms with E-state index in [-0.39, 0.29) is 17.0 Å². The molecule has 9 heteroatoms. The number of pyridine rings is 1. The first-order chi connectivity index (χ1) is 13.9. The maximum absolute atomic E-state index is 12.9. The van der Waals surface area contributed by atoms with Crippen LogP contribution < -0.4 is 10.5 Å². The highest BCUT2D eigenvalue weighted by atomic mass is 32.2. The predicted octanol–water partition coefficient (Wildman–Crippen LogP) is 2.40. The van der Waals surface area contributed by atoms with Crippen LogP contribution in [0.2, 0.25) is 0 Å². The van der Waals surface area contributed by atoms with Crippen LogP contribution in [0, 0.1) is 18.3 Å². The Morgan fingerprint density at radius 3 is 2.59 bits per heavy atom. The van der Waals surface area contributed by atoms with Gasteiger partial charge in [0.25, 0.3) is 11.5 Å². The number of ether oxygens (including phenoxy) is 1. The van der Waals surface area contributed by atoms with Crippen LogP contribution in [0.25, 0.3) is 6.08 Å². The van der Waals surface area contributed by atoms with E-state index < -0.39 is 0 Å². The van der Waals surface area contributed by atoms with Crippen LogP contribution in [0.1, 0.15) is 36.0 Å². The molecule has 0 atom stereocenters. The topological polar surface area (TPSA) is 78.6 Å². The van der Waals surface area contributed by atoms with Crippen molar-refractivity contribution in [2.75, 3.05) is 38.3 Å². The number of hydrogen-bond donors (Lipinski definition) is 0. The van der Waals surface area contributed by atoms with Crippen molar-refractivity contribution in [3.63, 3.8) is 0 Å². The van der Waals surface area contributed by atoms with Gasteiger partial charge in [-0.2, -0.15) is 5.26 Å². The number of carbonyl (C=O) groups is 1. The van der Waals surface area contributed by atoms with Gasteiger partial charge >= 0.3 is 0 Å². The number of methoxy groups -OCH3 is 1. The molecule has 1 amide bonds. The highest BCUT2D eigenvalue weighted by Crippen LogP contribution is 2.36. The summed E-state index contributed by atoms with van der Waals surface area (Å²) in [5.74, 6) is 0.585. The summed E-state index contributed by atoms with van der Waals surface area (Å²) in [5.41, 5.74) is 1.13. The predicted molar refractivity (Wildman–Crippen MR) is 119 cm³/mol. The monoisotopic (exact) mass is 432 g/mol. The molecule has 0 bridgehead atoms. The third-order valence-corrected chi connectivity index (χ3v) is 6.67. The Kier molecular flexibility index (Phi) is 6.77. The molecule has 0 N–H and O–H groups in total. The molecule has 0 aliphatic carbocycles. The molecule has 0 unspecified atom stereocenters. The summed E-state index contributed by atoms with van der Waals surface area (Å²) >= 11 is 6.60. The summed E-state index contributed by atoms with van der Waals surface area (Å²) in [6.45, 7) is 4.25. The van der Waals surface area contributed by atoms with Crippen LogP contribution >= 0.6 is 24.0 Å². The van der Waals surface area contributed by atoms with E-state index in [0.717, 1.165) is 43.7 Å². The highest BCUT2D eigenvalue weighted by molar-refractivity contribution is 8.26. The molecule has 3 heterocycles. The van der Waals surface area contributed by atoms with Gasteiger partial charge in [0.2, 0.25) is 0 Å². The first-order valence-corrected chi connectivity index (χ1v) is 10.8. The summed E-state index contributed by atoms with van der Waals surface area (Å²) in [6.07, 6.45) is 5.04. The maximum atomic E-state index is 12.9. The Morgan fingerprint density at radius 2 is 1.97 bits per heavy atom. The fourth-order valence-corrected chi connectivity index (χ4v) is 5.00. The molecule has 2 aliphatic heterocycles. The molecule has 0 aromatic carbocycles. The van der Waals surface area contributed by atoms with Gasteiger partial charge in [-0.25, -0.2) is 0 Å². The van der Waals surface area contributed by atoms with Crippen molar-refractivity contribution >= 4 is 46.1 Å². The largest absolute Gasteiger partial charge is 0.383 e. The van der Waals surface area contributed by atoms with E-state index in [1.165, 1.54) is 21.2 Å². The average Bonchev–Trinajstić information content (AvgIpc) is 2.98. The Balaban J connectivity index is 2.13. The second kappa shape index (κ2) is 9.11. The van der Waals surface area contributed by atoms with Crippen molar-refractivity contribution in [3.8, 4) is 6.07 Å². The maximum Gasteiger partial charge on any atom is 0.270 e. The SMILES string of the molecule is COCCN1C(=O)C(=Cc2c(C)c(C#N)c(=O)n(C)c2N2CCCCC2)SC1=S. The second-order valence-corrected chi connectivity index (χ2v) is 8.76. The molecule has 1 aromatic heterocycles. The molecular weight excluding hydrogens is 408 g/mol. The zero-order chi connectivity index (χ0) is 21.1. The van der Waals surface area contributed by atoms with Gasteiger partial charge in [-0.15, -0.1) is 0 Å². The van der Waals surface area contributed by atoms with Crippen molar-refractivity contribution in [1.82, 2.24) is 9.47 Å². The molecule has 29 heavy (non-hydrogen) atoms. The fourth-order valence-electron chi connectivity index (χ4n) is 3.71. The summed E-state index contributed by atoms with van der Waals surface area (Å²) in [7, 11) is 3.27. The van der Waals surface area contributed by atoms with Gasteiger partial charge in [-0.3, -0.25) is 19.1 Å². The second-order valence-electron chi connectivity index (χ2n) is 7.09. The number of thioether (sulfide) groups is 1. The van der Waals surface area contributed by atoms with Crippen LogP contribution in [0.4, 0.5) is 5.82 Å². The van der Waals surface area contributed by atoms with Gasteiger partial charge in [-0.05, 0) is 37.8 Å². The van der Waals surface area contributed by atoms with Gasteiger partial charge < -0.3 is 9.64 Å². The van der Waals surface area contributed by atoms with Gasteiger partial charge in [0, 0.05) is 32.8 Å². The van der Waals surface area contributed by atoms with Gasteiger partial charge in [0.15, 0.2) is 0 Å².